The highest BCUT2D eigenvalue weighted by Gasteiger charge is 2.00. The second-order valence-electron chi connectivity index (χ2n) is 3.26. The first kappa shape index (κ1) is 13.7. The smallest absolute Gasteiger partial charge is 0.166 e. The van der Waals surface area contributed by atoms with Crippen molar-refractivity contribution < 1.29 is 4.74 Å². The molecule has 0 fully saturated rings. The van der Waals surface area contributed by atoms with Crippen LogP contribution in [0.25, 0.3) is 0 Å². The molecule has 0 rings (SSSR count). The Morgan fingerprint density at radius 3 is 2.64 bits per heavy atom. The minimum absolute atomic E-state index is 0.214. The van der Waals surface area contributed by atoms with Crippen LogP contribution in [0.5, 0.6) is 0 Å². The summed E-state index contributed by atoms with van der Waals surface area (Å²) in [6, 6.07) is 0. The van der Waals surface area contributed by atoms with Crippen molar-refractivity contribution >= 4 is 17.3 Å². The zero-order chi connectivity index (χ0) is 10.8. The topological polar surface area (TPSA) is 33.3 Å². The first-order valence-electron chi connectivity index (χ1n) is 5.34. The molecule has 0 aliphatic heterocycles. The summed E-state index contributed by atoms with van der Waals surface area (Å²) in [5, 5.41) is 6.99. The van der Waals surface area contributed by atoms with Crippen LogP contribution in [0.15, 0.2) is 0 Å². The Morgan fingerprint density at radius 2 is 2.07 bits per heavy atom. The molecule has 1 atom stereocenters. The molecule has 0 aliphatic carbocycles. The third kappa shape index (κ3) is 8.26. The lowest BCUT2D eigenvalue weighted by Crippen LogP contribution is -2.39. The highest BCUT2D eigenvalue weighted by molar-refractivity contribution is 7.80. The summed E-state index contributed by atoms with van der Waals surface area (Å²) in [6.45, 7) is 8.66. The SMILES string of the molecule is CCCCNC(=S)NCC(C)OCC. The number of rotatable bonds is 7. The molecule has 4 heteroatoms. The van der Waals surface area contributed by atoms with Crippen LogP contribution in [-0.4, -0.2) is 30.9 Å². The van der Waals surface area contributed by atoms with Crippen molar-refractivity contribution in [2.24, 2.45) is 0 Å². The summed E-state index contributed by atoms with van der Waals surface area (Å²) >= 11 is 5.09. The number of hydrogen-bond acceptors (Lipinski definition) is 2. The van der Waals surface area contributed by atoms with E-state index in [1.165, 1.54) is 6.42 Å². The van der Waals surface area contributed by atoms with Crippen LogP contribution < -0.4 is 10.6 Å². The van der Waals surface area contributed by atoms with Gasteiger partial charge in [0.2, 0.25) is 0 Å². The molecule has 2 N–H and O–H groups in total. The quantitative estimate of drug-likeness (QED) is 0.503. The van der Waals surface area contributed by atoms with Gasteiger partial charge in [0.25, 0.3) is 0 Å². The largest absolute Gasteiger partial charge is 0.377 e. The van der Waals surface area contributed by atoms with Gasteiger partial charge < -0.3 is 15.4 Å². The van der Waals surface area contributed by atoms with E-state index in [9.17, 15) is 0 Å². The van der Waals surface area contributed by atoms with E-state index in [0.29, 0.717) is 0 Å². The predicted molar refractivity (Wildman–Crippen MR) is 64.6 cm³/mol. The van der Waals surface area contributed by atoms with Crippen molar-refractivity contribution in [2.45, 2.75) is 39.7 Å². The summed E-state index contributed by atoms with van der Waals surface area (Å²) in [5.41, 5.74) is 0. The molecule has 84 valence electrons. The van der Waals surface area contributed by atoms with Crippen LogP contribution in [0.2, 0.25) is 0 Å². The van der Waals surface area contributed by atoms with E-state index in [1.54, 1.807) is 0 Å². The molecule has 3 nitrogen and oxygen atoms in total. The van der Waals surface area contributed by atoms with Gasteiger partial charge in [-0.15, -0.1) is 0 Å². The Balaban J connectivity index is 3.34. The molecule has 0 heterocycles. The van der Waals surface area contributed by atoms with Gasteiger partial charge in [-0.05, 0) is 32.5 Å². The Labute approximate surface area is 92.6 Å². The maximum absolute atomic E-state index is 5.37. The maximum Gasteiger partial charge on any atom is 0.166 e. The highest BCUT2D eigenvalue weighted by atomic mass is 32.1. The molecular formula is C10H22N2OS. The van der Waals surface area contributed by atoms with E-state index in [0.717, 1.165) is 31.2 Å². The van der Waals surface area contributed by atoms with Crippen LogP contribution >= 0.6 is 12.2 Å². The number of hydrogen-bond donors (Lipinski definition) is 2. The van der Waals surface area contributed by atoms with Crippen molar-refractivity contribution in [1.29, 1.82) is 0 Å². The first-order valence-corrected chi connectivity index (χ1v) is 5.74. The average molecular weight is 218 g/mol. The minimum Gasteiger partial charge on any atom is -0.377 e. The lowest BCUT2D eigenvalue weighted by Gasteiger charge is -2.14. The highest BCUT2D eigenvalue weighted by Crippen LogP contribution is 1.87. The Bertz CT molecular complexity index is 153. The molecule has 0 bridgehead atoms. The van der Waals surface area contributed by atoms with E-state index in [2.05, 4.69) is 17.6 Å². The zero-order valence-electron chi connectivity index (χ0n) is 9.43. The van der Waals surface area contributed by atoms with E-state index >= 15 is 0 Å². The summed E-state index contributed by atoms with van der Waals surface area (Å²) < 4.78 is 5.37. The molecule has 1 unspecified atom stereocenters. The second-order valence-corrected chi connectivity index (χ2v) is 3.66. The summed E-state index contributed by atoms with van der Waals surface area (Å²) in [5.74, 6) is 0. The molecule has 0 amide bonds. The van der Waals surface area contributed by atoms with Gasteiger partial charge in [-0.2, -0.15) is 0 Å². The van der Waals surface area contributed by atoms with Crippen molar-refractivity contribution in [1.82, 2.24) is 10.6 Å². The normalized spacial score (nSPS) is 12.2. The molecule has 0 radical (unpaired) electrons. The molecule has 0 aromatic heterocycles. The standard InChI is InChI=1S/C10H22N2OS/c1-4-6-7-11-10(14)12-8-9(3)13-5-2/h9H,4-8H2,1-3H3,(H2,11,12,14). The Hall–Kier alpha value is -0.350. The van der Waals surface area contributed by atoms with Crippen LogP contribution in [0.1, 0.15) is 33.6 Å². The fraction of sp³-hybridized carbons (Fsp3) is 0.900. The van der Waals surface area contributed by atoms with Gasteiger partial charge in [0.1, 0.15) is 0 Å². The van der Waals surface area contributed by atoms with Crippen LogP contribution in [0.4, 0.5) is 0 Å². The third-order valence-electron chi connectivity index (χ3n) is 1.82. The van der Waals surface area contributed by atoms with Crippen molar-refractivity contribution in [3.05, 3.63) is 0 Å². The monoisotopic (exact) mass is 218 g/mol. The molecule has 0 aliphatic rings. The van der Waals surface area contributed by atoms with Gasteiger partial charge in [0, 0.05) is 19.7 Å². The maximum atomic E-state index is 5.37. The van der Waals surface area contributed by atoms with Gasteiger partial charge in [0.15, 0.2) is 5.11 Å². The van der Waals surface area contributed by atoms with Crippen LogP contribution in [-0.2, 0) is 4.74 Å². The van der Waals surface area contributed by atoms with Gasteiger partial charge in [-0.3, -0.25) is 0 Å². The van der Waals surface area contributed by atoms with Crippen LogP contribution in [0, 0.1) is 0 Å². The summed E-state index contributed by atoms with van der Waals surface area (Å²) in [6.07, 6.45) is 2.55. The van der Waals surface area contributed by atoms with Crippen LogP contribution in [0.3, 0.4) is 0 Å². The lowest BCUT2D eigenvalue weighted by atomic mass is 10.3. The van der Waals surface area contributed by atoms with Crippen molar-refractivity contribution in [3.63, 3.8) is 0 Å². The first-order chi connectivity index (χ1) is 6.70. The number of unbranched alkanes of at least 4 members (excludes halogenated alkanes) is 1. The zero-order valence-corrected chi connectivity index (χ0v) is 10.2. The lowest BCUT2D eigenvalue weighted by molar-refractivity contribution is 0.0794. The molecule has 0 saturated heterocycles. The second kappa shape index (κ2) is 9.21. The molecule has 0 aromatic rings. The molecule has 0 aromatic carbocycles. The van der Waals surface area contributed by atoms with Gasteiger partial charge in [0.05, 0.1) is 6.10 Å². The molecular weight excluding hydrogens is 196 g/mol. The molecule has 0 spiro atoms. The van der Waals surface area contributed by atoms with E-state index in [4.69, 9.17) is 17.0 Å². The fourth-order valence-electron chi connectivity index (χ4n) is 1.02. The van der Waals surface area contributed by atoms with Crippen molar-refractivity contribution in [3.8, 4) is 0 Å². The summed E-state index contributed by atoms with van der Waals surface area (Å²) in [7, 11) is 0. The number of nitrogens with one attached hydrogen (secondary N) is 2. The molecule has 14 heavy (non-hydrogen) atoms. The average Bonchev–Trinajstić information content (AvgIpc) is 2.16. The third-order valence-corrected chi connectivity index (χ3v) is 2.11. The minimum atomic E-state index is 0.214. The number of ether oxygens (including phenoxy) is 1. The van der Waals surface area contributed by atoms with Gasteiger partial charge in [-0.25, -0.2) is 0 Å². The fourth-order valence-corrected chi connectivity index (χ4v) is 1.21. The Kier molecular flexibility index (Phi) is 8.98. The van der Waals surface area contributed by atoms with E-state index in [-0.39, 0.29) is 6.10 Å². The van der Waals surface area contributed by atoms with Gasteiger partial charge in [-0.1, -0.05) is 13.3 Å². The molecule has 0 saturated carbocycles. The number of thiocarbonyl (C=S) groups is 1. The van der Waals surface area contributed by atoms with Crippen molar-refractivity contribution in [2.75, 3.05) is 19.7 Å². The predicted octanol–water partition coefficient (Wildman–Crippen LogP) is 1.68. The van der Waals surface area contributed by atoms with E-state index < -0.39 is 0 Å². The Morgan fingerprint density at radius 1 is 1.36 bits per heavy atom. The van der Waals surface area contributed by atoms with Gasteiger partial charge >= 0.3 is 0 Å². The van der Waals surface area contributed by atoms with E-state index in [1.807, 2.05) is 13.8 Å². The summed E-state index contributed by atoms with van der Waals surface area (Å²) in [4.78, 5) is 0.